The molecule has 0 fully saturated rings. The first-order chi connectivity index (χ1) is 8.58. The Kier molecular flexibility index (Phi) is 3.72. The van der Waals surface area contributed by atoms with E-state index < -0.39 is 0 Å². The summed E-state index contributed by atoms with van der Waals surface area (Å²) in [6.07, 6.45) is 0. The predicted octanol–water partition coefficient (Wildman–Crippen LogP) is 3.67. The molecule has 0 aliphatic heterocycles. The molecule has 0 amide bonds. The third-order valence-electron chi connectivity index (χ3n) is 2.80. The van der Waals surface area contributed by atoms with Crippen LogP contribution in [0.1, 0.15) is 17.0 Å². The Morgan fingerprint density at radius 3 is 2.78 bits per heavy atom. The second-order valence-corrected chi connectivity index (χ2v) is 4.59. The zero-order valence-electron chi connectivity index (χ0n) is 10.4. The highest BCUT2D eigenvalue weighted by atomic mass is 35.5. The normalized spacial score (nSPS) is 10.4. The van der Waals surface area contributed by atoms with Crippen LogP contribution >= 0.6 is 11.6 Å². The maximum absolute atomic E-state index is 9.71. The van der Waals surface area contributed by atoms with E-state index in [-0.39, 0.29) is 5.75 Å². The molecule has 0 saturated carbocycles. The van der Waals surface area contributed by atoms with Crippen LogP contribution in [0, 0.1) is 13.8 Å². The number of rotatable bonds is 3. The van der Waals surface area contributed by atoms with Gasteiger partial charge in [-0.1, -0.05) is 17.7 Å². The standard InChI is InChI=1S/C14H15ClN2O/c1-9-6-7-14(18)13(17-9)8-16-12-5-3-4-11(15)10(12)2/h3-7,16,18H,8H2,1-2H3. The van der Waals surface area contributed by atoms with Crippen LogP contribution in [0.4, 0.5) is 5.69 Å². The number of aromatic hydroxyl groups is 1. The highest BCUT2D eigenvalue weighted by Crippen LogP contribution is 2.24. The second-order valence-electron chi connectivity index (χ2n) is 4.18. The van der Waals surface area contributed by atoms with Crippen LogP contribution in [0.5, 0.6) is 5.75 Å². The van der Waals surface area contributed by atoms with E-state index in [0.29, 0.717) is 12.2 Å². The average molecular weight is 263 g/mol. The number of hydrogen-bond donors (Lipinski definition) is 2. The molecular formula is C14H15ClN2O. The van der Waals surface area contributed by atoms with Gasteiger partial charge in [0.05, 0.1) is 6.54 Å². The van der Waals surface area contributed by atoms with Gasteiger partial charge < -0.3 is 10.4 Å². The van der Waals surface area contributed by atoms with Gasteiger partial charge in [0.2, 0.25) is 0 Å². The van der Waals surface area contributed by atoms with Crippen molar-refractivity contribution in [3.63, 3.8) is 0 Å². The molecule has 0 radical (unpaired) electrons. The summed E-state index contributed by atoms with van der Waals surface area (Å²) >= 11 is 6.05. The molecule has 4 heteroatoms. The van der Waals surface area contributed by atoms with Crippen LogP contribution in [0.3, 0.4) is 0 Å². The second kappa shape index (κ2) is 5.27. The summed E-state index contributed by atoms with van der Waals surface area (Å²) in [5, 5.41) is 13.7. The van der Waals surface area contributed by atoms with Crippen LogP contribution in [-0.4, -0.2) is 10.1 Å². The molecule has 18 heavy (non-hydrogen) atoms. The Morgan fingerprint density at radius 2 is 2.00 bits per heavy atom. The van der Waals surface area contributed by atoms with Gasteiger partial charge in [0.25, 0.3) is 0 Å². The molecule has 0 bridgehead atoms. The van der Waals surface area contributed by atoms with Crippen molar-refractivity contribution < 1.29 is 5.11 Å². The Bertz CT molecular complexity index is 568. The molecule has 0 atom stereocenters. The zero-order chi connectivity index (χ0) is 13.1. The molecule has 1 aromatic heterocycles. The van der Waals surface area contributed by atoms with Gasteiger partial charge in [-0.25, -0.2) is 0 Å². The van der Waals surface area contributed by atoms with Crippen molar-refractivity contribution in [3.8, 4) is 5.75 Å². The van der Waals surface area contributed by atoms with E-state index in [1.165, 1.54) is 0 Å². The van der Waals surface area contributed by atoms with Crippen LogP contribution in [0.15, 0.2) is 30.3 Å². The minimum absolute atomic E-state index is 0.202. The summed E-state index contributed by atoms with van der Waals surface area (Å²) in [6, 6.07) is 9.13. The first-order valence-corrected chi connectivity index (χ1v) is 6.10. The zero-order valence-corrected chi connectivity index (χ0v) is 11.1. The quantitative estimate of drug-likeness (QED) is 0.887. The van der Waals surface area contributed by atoms with Crippen LogP contribution < -0.4 is 5.32 Å². The molecule has 3 nitrogen and oxygen atoms in total. The Hall–Kier alpha value is -1.74. The van der Waals surface area contributed by atoms with Gasteiger partial charge >= 0.3 is 0 Å². The van der Waals surface area contributed by atoms with Gasteiger partial charge in [-0.2, -0.15) is 0 Å². The van der Waals surface area contributed by atoms with Gasteiger partial charge in [0.1, 0.15) is 11.4 Å². The van der Waals surface area contributed by atoms with E-state index >= 15 is 0 Å². The average Bonchev–Trinajstić information content (AvgIpc) is 2.35. The van der Waals surface area contributed by atoms with Crippen molar-refractivity contribution in [3.05, 3.63) is 52.3 Å². The lowest BCUT2D eigenvalue weighted by Crippen LogP contribution is -2.04. The number of nitrogens with one attached hydrogen (secondary N) is 1. The molecule has 0 aliphatic carbocycles. The van der Waals surface area contributed by atoms with Crippen molar-refractivity contribution in [1.82, 2.24) is 4.98 Å². The highest BCUT2D eigenvalue weighted by Gasteiger charge is 2.05. The molecule has 2 rings (SSSR count). The molecule has 2 aromatic rings. The SMILES string of the molecule is Cc1ccc(O)c(CNc2cccc(Cl)c2C)n1. The molecule has 0 unspecified atom stereocenters. The van der Waals surface area contributed by atoms with E-state index in [1.54, 1.807) is 12.1 Å². The molecule has 0 spiro atoms. The lowest BCUT2D eigenvalue weighted by Gasteiger charge is -2.11. The number of aromatic nitrogens is 1. The molecular weight excluding hydrogens is 248 g/mol. The lowest BCUT2D eigenvalue weighted by molar-refractivity contribution is 0.464. The molecule has 0 aliphatic rings. The minimum Gasteiger partial charge on any atom is -0.506 e. The molecule has 94 valence electrons. The van der Waals surface area contributed by atoms with Crippen LogP contribution in [-0.2, 0) is 6.54 Å². The number of aryl methyl sites for hydroxylation is 1. The first-order valence-electron chi connectivity index (χ1n) is 5.72. The lowest BCUT2D eigenvalue weighted by atomic mass is 10.2. The summed E-state index contributed by atoms with van der Waals surface area (Å²) in [7, 11) is 0. The molecule has 1 aromatic carbocycles. The van der Waals surface area contributed by atoms with Crippen molar-refractivity contribution in [2.24, 2.45) is 0 Å². The Labute approximate surface area is 111 Å². The van der Waals surface area contributed by atoms with E-state index in [9.17, 15) is 5.11 Å². The number of pyridine rings is 1. The number of nitrogens with zero attached hydrogens (tertiary/aromatic N) is 1. The highest BCUT2D eigenvalue weighted by molar-refractivity contribution is 6.31. The smallest absolute Gasteiger partial charge is 0.138 e. The van der Waals surface area contributed by atoms with Crippen LogP contribution in [0.25, 0.3) is 0 Å². The monoisotopic (exact) mass is 262 g/mol. The predicted molar refractivity (Wildman–Crippen MR) is 74.2 cm³/mol. The number of hydrogen-bond acceptors (Lipinski definition) is 3. The van der Waals surface area contributed by atoms with Crippen molar-refractivity contribution in [2.75, 3.05) is 5.32 Å². The Balaban J connectivity index is 2.16. The molecule has 1 heterocycles. The van der Waals surface area contributed by atoms with Gasteiger partial charge in [-0.05, 0) is 43.7 Å². The third kappa shape index (κ3) is 2.74. The fraction of sp³-hybridized carbons (Fsp3) is 0.214. The molecule has 0 saturated heterocycles. The van der Waals surface area contributed by atoms with Crippen LogP contribution in [0.2, 0.25) is 5.02 Å². The van der Waals surface area contributed by atoms with Crippen molar-refractivity contribution >= 4 is 17.3 Å². The summed E-state index contributed by atoms with van der Waals surface area (Å²) in [6.45, 7) is 4.32. The first kappa shape index (κ1) is 12.7. The van der Waals surface area contributed by atoms with Gasteiger partial charge in [-0.3, -0.25) is 4.98 Å². The van der Waals surface area contributed by atoms with Crippen molar-refractivity contribution in [1.29, 1.82) is 0 Å². The minimum atomic E-state index is 0.202. The van der Waals surface area contributed by atoms with E-state index in [2.05, 4.69) is 10.3 Å². The number of anilines is 1. The third-order valence-corrected chi connectivity index (χ3v) is 3.21. The fourth-order valence-corrected chi connectivity index (χ4v) is 1.89. The number of benzene rings is 1. The maximum atomic E-state index is 9.71. The van der Waals surface area contributed by atoms with Gasteiger partial charge in [-0.15, -0.1) is 0 Å². The van der Waals surface area contributed by atoms with E-state index in [4.69, 9.17) is 11.6 Å². The van der Waals surface area contributed by atoms with Gasteiger partial charge in [0.15, 0.2) is 0 Å². The largest absolute Gasteiger partial charge is 0.506 e. The Morgan fingerprint density at radius 1 is 1.22 bits per heavy atom. The van der Waals surface area contributed by atoms with Gasteiger partial charge in [0, 0.05) is 16.4 Å². The number of halogens is 1. The maximum Gasteiger partial charge on any atom is 0.138 e. The summed E-state index contributed by atoms with van der Waals surface area (Å²) in [4.78, 5) is 4.29. The molecule has 2 N–H and O–H groups in total. The fourth-order valence-electron chi connectivity index (χ4n) is 1.71. The van der Waals surface area contributed by atoms with E-state index in [0.717, 1.165) is 22.0 Å². The topological polar surface area (TPSA) is 45.1 Å². The summed E-state index contributed by atoms with van der Waals surface area (Å²) < 4.78 is 0. The summed E-state index contributed by atoms with van der Waals surface area (Å²) in [5.41, 5.74) is 3.46. The van der Waals surface area contributed by atoms with Crippen molar-refractivity contribution in [2.45, 2.75) is 20.4 Å². The summed E-state index contributed by atoms with van der Waals surface area (Å²) in [5.74, 6) is 0.202. The van der Waals surface area contributed by atoms with E-state index in [1.807, 2.05) is 32.0 Å².